The van der Waals surface area contributed by atoms with Crippen molar-refractivity contribution in [3.63, 3.8) is 0 Å². The molecule has 0 bridgehead atoms. The molecule has 1 aliphatic heterocycles. The Bertz CT molecular complexity index is 941. The number of rotatable bonds is 4. The number of nitrogens with two attached hydrogens (primary N) is 1. The summed E-state index contributed by atoms with van der Waals surface area (Å²) < 4.78 is 39.8. The van der Waals surface area contributed by atoms with Gasteiger partial charge in [0.1, 0.15) is 0 Å². The highest BCUT2D eigenvalue weighted by atomic mass is 19.4. The summed E-state index contributed by atoms with van der Waals surface area (Å²) in [7, 11) is 0. The highest BCUT2D eigenvalue weighted by Crippen LogP contribution is 2.39. The molecule has 1 aromatic carbocycles. The molecule has 8 heteroatoms. The monoisotopic (exact) mass is 432 g/mol. The summed E-state index contributed by atoms with van der Waals surface area (Å²) in [5, 5.41) is 0. The number of alkyl halides is 3. The zero-order valence-electron chi connectivity index (χ0n) is 17.4. The molecule has 1 atom stereocenters. The molecule has 1 saturated carbocycles. The zero-order valence-corrected chi connectivity index (χ0v) is 17.4. The van der Waals surface area contributed by atoms with Crippen molar-refractivity contribution in [2.75, 3.05) is 12.3 Å². The summed E-state index contributed by atoms with van der Waals surface area (Å²) in [6.07, 6.45) is 4.60. The van der Waals surface area contributed by atoms with Crippen LogP contribution in [0.5, 0.6) is 0 Å². The number of aromatic nitrogens is 2. The number of piperidine rings is 1. The first-order valence-corrected chi connectivity index (χ1v) is 10.9. The molecule has 2 fully saturated rings. The van der Waals surface area contributed by atoms with Crippen molar-refractivity contribution >= 4 is 11.9 Å². The Morgan fingerprint density at radius 1 is 1.13 bits per heavy atom. The summed E-state index contributed by atoms with van der Waals surface area (Å²) in [6, 6.07) is 4.83. The first-order chi connectivity index (χ1) is 14.8. The molecule has 31 heavy (non-hydrogen) atoms. The third kappa shape index (κ3) is 4.83. The molecule has 166 valence electrons. The van der Waals surface area contributed by atoms with Gasteiger partial charge in [-0.25, -0.2) is 9.97 Å². The van der Waals surface area contributed by atoms with Crippen LogP contribution in [0.1, 0.15) is 68.7 Å². The van der Waals surface area contributed by atoms with E-state index in [0.717, 1.165) is 37.8 Å². The van der Waals surface area contributed by atoms with Gasteiger partial charge < -0.3 is 10.6 Å². The van der Waals surface area contributed by atoms with Gasteiger partial charge in [-0.15, -0.1) is 0 Å². The average molecular weight is 432 g/mol. The second kappa shape index (κ2) is 8.85. The molecular weight excluding hydrogens is 405 g/mol. The SMILES string of the molecule is Nc1ncc(-c2cccc(C(F)(F)F)c2)c([C@@H]2CCCCN2C(=O)CC2CCCC2)n1. The molecule has 0 unspecified atom stereocenters. The number of nitrogens with zero attached hydrogens (tertiary/aromatic N) is 3. The fourth-order valence-corrected chi connectivity index (χ4v) is 4.84. The summed E-state index contributed by atoms with van der Waals surface area (Å²) in [5.41, 5.74) is 6.53. The molecule has 4 rings (SSSR count). The third-order valence-electron chi connectivity index (χ3n) is 6.41. The normalized spacial score (nSPS) is 20.2. The van der Waals surface area contributed by atoms with Crippen LogP contribution in [0.3, 0.4) is 0 Å². The summed E-state index contributed by atoms with van der Waals surface area (Å²) >= 11 is 0. The Kier molecular flexibility index (Phi) is 6.16. The molecule has 2 N–H and O–H groups in total. The van der Waals surface area contributed by atoms with Crippen LogP contribution in [0.25, 0.3) is 11.1 Å². The minimum atomic E-state index is -4.45. The van der Waals surface area contributed by atoms with E-state index in [1.165, 1.54) is 25.1 Å². The van der Waals surface area contributed by atoms with E-state index < -0.39 is 11.7 Å². The molecule has 1 aromatic heterocycles. The van der Waals surface area contributed by atoms with E-state index in [0.29, 0.717) is 42.1 Å². The number of nitrogen functional groups attached to an aromatic ring is 1. The maximum absolute atomic E-state index is 13.3. The highest BCUT2D eigenvalue weighted by molar-refractivity contribution is 5.78. The van der Waals surface area contributed by atoms with Gasteiger partial charge in [0.2, 0.25) is 11.9 Å². The number of anilines is 1. The van der Waals surface area contributed by atoms with Crippen LogP contribution in [0.15, 0.2) is 30.5 Å². The third-order valence-corrected chi connectivity index (χ3v) is 6.41. The summed E-state index contributed by atoms with van der Waals surface area (Å²) in [4.78, 5) is 23.5. The molecule has 2 heterocycles. The Hall–Kier alpha value is -2.64. The van der Waals surface area contributed by atoms with Crippen LogP contribution in [0.4, 0.5) is 19.1 Å². The number of hydrogen-bond acceptors (Lipinski definition) is 4. The predicted octanol–water partition coefficient (Wildman–Crippen LogP) is 5.38. The van der Waals surface area contributed by atoms with E-state index in [1.807, 2.05) is 4.90 Å². The molecule has 1 amide bonds. The van der Waals surface area contributed by atoms with Crippen LogP contribution in [-0.4, -0.2) is 27.3 Å². The number of halogens is 3. The largest absolute Gasteiger partial charge is 0.416 e. The number of benzene rings is 1. The Morgan fingerprint density at radius 3 is 2.61 bits per heavy atom. The smallest absolute Gasteiger partial charge is 0.368 e. The van der Waals surface area contributed by atoms with Gasteiger partial charge in [-0.3, -0.25) is 4.79 Å². The maximum Gasteiger partial charge on any atom is 0.416 e. The Morgan fingerprint density at radius 2 is 1.87 bits per heavy atom. The number of amides is 1. The lowest BCUT2D eigenvalue weighted by atomic mass is 9.92. The molecule has 5 nitrogen and oxygen atoms in total. The highest BCUT2D eigenvalue weighted by Gasteiger charge is 2.34. The Labute approximate surface area is 179 Å². The van der Waals surface area contributed by atoms with E-state index in [4.69, 9.17) is 5.73 Å². The molecule has 2 aromatic rings. The van der Waals surface area contributed by atoms with Crippen LogP contribution < -0.4 is 5.73 Å². The van der Waals surface area contributed by atoms with Crippen molar-refractivity contribution in [3.8, 4) is 11.1 Å². The van der Waals surface area contributed by atoms with Crippen LogP contribution in [0.2, 0.25) is 0 Å². The maximum atomic E-state index is 13.3. The second-order valence-electron chi connectivity index (χ2n) is 8.56. The van der Waals surface area contributed by atoms with Crippen LogP contribution in [0, 0.1) is 5.92 Å². The molecule has 1 saturated heterocycles. The van der Waals surface area contributed by atoms with Crippen molar-refractivity contribution < 1.29 is 18.0 Å². The molecule has 0 radical (unpaired) electrons. The second-order valence-corrected chi connectivity index (χ2v) is 8.56. The van der Waals surface area contributed by atoms with E-state index in [9.17, 15) is 18.0 Å². The minimum Gasteiger partial charge on any atom is -0.368 e. The minimum absolute atomic E-state index is 0.0551. The lowest BCUT2D eigenvalue weighted by Gasteiger charge is -2.37. The Balaban J connectivity index is 1.69. The molecule has 2 aliphatic rings. The molecule has 0 spiro atoms. The van der Waals surface area contributed by atoms with Crippen molar-refractivity contribution in [1.29, 1.82) is 0 Å². The average Bonchev–Trinajstić information content (AvgIpc) is 3.26. The van der Waals surface area contributed by atoms with Gasteiger partial charge >= 0.3 is 6.18 Å². The first-order valence-electron chi connectivity index (χ1n) is 10.9. The van der Waals surface area contributed by atoms with Gasteiger partial charge in [-0.2, -0.15) is 13.2 Å². The number of hydrogen-bond donors (Lipinski definition) is 1. The molecule has 1 aliphatic carbocycles. The van der Waals surface area contributed by atoms with Gasteiger partial charge in [0.25, 0.3) is 0 Å². The number of carbonyl (C=O) groups excluding carboxylic acids is 1. The molecular formula is C23H27F3N4O. The summed E-state index contributed by atoms with van der Waals surface area (Å²) in [6.45, 7) is 0.627. The van der Waals surface area contributed by atoms with Crippen molar-refractivity contribution in [3.05, 3.63) is 41.7 Å². The van der Waals surface area contributed by atoms with E-state index in [1.54, 1.807) is 6.07 Å². The van der Waals surface area contributed by atoms with E-state index >= 15 is 0 Å². The van der Waals surface area contributed by atoms with Crippen LogP contribution >= 0.6 is 0 Å². The standard InChI is InChI=1S/C23H27F3N4O/c24-23(25,26)17-9-5-8-16(13-17)18-14-28-22(27)29-21(18)19-10-3-4-11-30(19)20(31)12-15-6-1-2-7-15/h5,8-9,13-15,19H,1-4,6-7,10-12H2,(H2,27,28,29)/t19-/m0/s1. The van der Waals surface area contributed by atoms with Crippen molar-refractivity contribution in [2.45, 2.75) is 63.6 Å². The van der Waals surface area contributed by atoms with E-state index in [2.05, 4.69) is 9.97 Å². The first kappa shape index (κ1) is 21.6. The summed E-state index contributed by atoms with van der Waals surface area (Å²) in [5.74, 6) is 0.580. The number of carbonyl (C=O) groups is 1. The van der Waals surface area contributed by atoms with Crippen molar-refractivity contribution in [1.82, 2.24) is 14.9 Å². The fraction of sp³-hybridized carbons (Fsp3) is 0.522. The lowest BCUT2D eigenvalue weighted by Crippen LogP contribution is -2.39. The fourth-order valence-electron chi connectivity index (χ4n) is 4.84. The lowest BCUT2D eigenvalue weighted by molar-refractivity contribution is -0.137. The van der Waals surface area contributed by atoms with E-state index in [-0.39, 0.29) is 17.9 Å². The van der Waals surface area contributed by atoms with Crippen LogP contribution in [-0.2, 0) is 11.0 Å². The number of likely N-dealkylation sites (tertiary alicyclic amines) is 1. The van der Waals surface area contributed by atoms with Gasteiger partial charge in [0.05, 0.1) is 17.3 Å². The van der Waals surface area contributed by atoms with Gasteiger partial charge in [-0.05, 0) is 55.7 Å². The van der Waals surface area contributed by atoms with Gasteiger partial charge in [-0.1, -0.05) is 25.0 Å². The van der Waals surface area contributed by atoms with Gasteiger partial charge in [0.15, 0.2) is 0 Å². The predicted molar refractivity (Wildman–Crippen MR) is 112 cm³/mol. The van der Waals surface area contributed by atoms with Gasteiger partial charge in [0, 0.05) is 24.7 Å². The quantitative estimate of drug-likeness (QED) is 0.704. The zero-order chi connectivity index (χ0) is 22.0. The van der Waals surface area contributed by atoms with Crippen molar-refractivity contribution in [2.24, 2.45) is 5.92 Å². The topological polar surface area (TPSA) is 72.1 Å².